The summed E-state index contributed by atoms with van der Waals surface area (Å²) in [5, 5.41) is 4.65. The maximum absolute atomic E-state index is 2.64. The summed E-state index contributed by atoms with van der Waals surface area (Å²) >= 11 is 0. The van der Waals surface area contributed by atoms with Gasteiger partial charge in [0.15, 0.2) is 0 Å². The van der Waals surface area contributed by atoms with Crippen LogP contribution in [-0.4, -0.2) is 39.7 Å². The van der Waals surface area contributed by atoms with Gasteiger partial charge in [-0.1, -0.05) is 155 Å². The fourth-order valence-electron chi connectivity index (χ4n) is 5.87. The van der Waals surface area contributed by atoms with Crippen LogP contribution in [0.4, 0.5) is 0 Å². The molecule has 1 heterocycles. The van der Waals surface area contributed by atoms with E-state index in [-0.39, 0.29) is 23.8 Å². The van der Waals surface area contributed by atoms with Crippen LogP contribution < -0.4 is 0 Å². The summed E-state index contributed by atoms with van der Waals surface area (Å²) in [5.74, 6) is 0. The van der Waals surface area contributed by atoms with Crippen molar-refractivity contribution < 1.29 is 0 Å². The fourth-order valence-corrected chi connectivity index (χ4v) is 25.9. The Kier molecular flexibility index (Phi) is 14.2. The minimum absolute atomic E-state index is 0.0512. The largest absolute Gasteiger partial charge is 0.0986 e. The lowest BCUT2D eigenvalue weighted by molar-refractivity contribution is 0.420. The van der Waals surface area contributed by atoms with Gasteiger partial charge < -0.3 is 0 Å². The zero-order valence-electron chi connectivity index (χ0n) is 27.4. The Hall–Kier alpha value is 1.46. The van der Waals surface area contributed by atoms with E-state index in [1.165, 1.54) is 57.0 Å². The molecule has 0 N–H and O–H groups in total. The zero-order chi connectivity index (χ0) is 28.1. The summed E-state index contributed by atoms with van der Waals surface area (Å²) in [5.41, 5.74) is 1.54. The Bertz CT molecular complexity index is 660. The molecule has 0 saturated carbocycles. The molecule has 0 saturated heterocycles. The van der Waals surface area contributed by atoms with Crippen molar-refractivity contribution in [3.05, 3.63) is 0 Å². The van der Waals surface area contributed by atoms with Crippen LogP contribution in [0.3, 0.4) is 0 Å². The molecular formula is C32H66P4. The smallest absolute Gasteiger partial charge is 0.0309 e. The highest BCUT2D eigenvalue weighted by atomic mass is 31.2. The third kappa shape index (κ3) is 9.83. The molecule has 0 nitrogen and oxygen atoms in total. The van der Waals surface area contributed by atoms with E-state index in [0.29, 0.717) is 21.7 Å². The Morgan fingerprint density at radius 1 is 0.694 bits per heavy atom. The van der Waals surface area contributed by atoms with E-state index in [0.717, 1.165) is 16.2 Å². The molecule has 0 aliphatic carbocycles. The lowest BCUT2D eigenvalue weighted by atomic mass is 9.98. The first kappa shape index (κ1) is 35.5. The van der Waals surface area contributed by atoms with E-state index in [9.17, 15) is 0 Å². The predicted octanol–water partition coefficient (Wildman–Crippen LogP) is 13.1. The van der Waals surface area contributed by atoms with Crippen LogP contribution in [0.25, 0.3) is 0 Å². The fraction of sp³-hybridized carbons (Fsp3) is 0.969. The molecule has 0 fully saturated rings. The topological polar surface area (TPSA) is 0 Å². The van der Waals surface area contributed by atoms with Crippen molar-refractivity contribution >= 4 is 37.0 Å². The van der Waals surface area contributed by atoms with Gasteiger partial charge in [-0.3, -0.25) is 0 Å². The lowest BCUT2D eigenvalue weighted by Gasteiger charge is -2.58. The number of hydrogen-bond acceptors (Lipinski definition) is 0. The number of rotatable bonds is 13. The first-order chi connectivity index (χ1) is 16.3. The SMILES string of the molecule is CCCCP(CCCC)C(P(CCCC)C(P1C(C(C)(C)C)=PC1C(C)(C)C)C(C)(C)C)C(C)(C)C. The molecule has 1 rings (SSSR count). The lowest BCUT2D eigenvalue weighted by Crippen LogP contribution is -2.43. The van der Waals surface area contributed by atoms with E-state index < -0.39 is 0 Å². The van der Waals surface area contributed by atoms with E-state index in [4.69, 9.17) is 0 Å². The van der Waals surface area contributed by atoms with Gasteiger partial charge in [0.2, 0.25) is 0 Å². The summed E-state index contributed by atoms with van der Waals surface area (Å²) in [7, 11) is 1.63. The first-order valence-corrected chi connectivity index (χ1v) is 21.1. The van der Waals surface area contributed by atoms with Crippen LogP contribution >= 0.6 is 32.0 Å². The second kappa shape index (κ2) is 14.4. The first-order valence-electron chi connectivity index (χ1n) is 15.2. The van der Waals surface area contributed by atoms with Gasteiger partial charge in [-0.2, -0.15) is 0 Å². The number of unbranched alkanes of at least 4 members (excludes halogenated alkanes) is 3. The van der Waals surface area contributed by atoms with Crippen LogP contribution in [0.5, 0.6) is 0 Å². The molecule has 1 aliphatic heterocycles. The molecule has 5 atom stereocenters. The molecule has 0 aromatic carbocycles. The van der Waals surface area contributed by atoms with Crippen molar-refractivity contribution in [1.82, 2.24) is 0 Å². The van der Waals surface area contributed by atoms with Crippen molar-refractivity contribution in [1.29, 1.82) is 0 Å². The van der Waals surface area contributed by atoms with Gasteiger partial charge >= 0.3 is 0 Å². The van der Waals surface area contributed by atoms with Gasteiger partial charge in [-0.15, -0.1) is 0 Å². The van der Waals surface area contributed by atoms with Crippen LogP contribution in [0.2, 0.25) is 0 Å². The second-order valence-corrected chi connectivity index (χ2v) is 25.9. The molecule has 0 aromatic rings. The molecule has 1 aliphatic rings. The van der Waals surface area contributed by atoms with Crippen molar-refractivity contribution in [2.24, 2.45) is 21.7 Å². The van der Waals surface area contributed by atoms with Crippen molar-refractivity contribution in [3.63, 3.8) is 0 Å². The molecule has 0 spiro atoms. The molecule has 5 unspecified atom stereocenters. The third-order valence-corrected chi connectivity index (χ3v) is 25.6. The molecule has 36 heavy (non-hydrogen) atoms. The van der Waals surface area contributed by atoms with Gasteiger partial charge in [0.25, 0.3) is 0 Å². The Morgan fingerprint density at radius 2 is 1.14 bits per heavy atom. The molecule has 0 radical (unpaired) electrons. The summed E-state index contributed by atoms with van der Waals surface area (Å²) in [6, 6.07) is 0. The molecule has 0 aromatic heterocycles. The summed E-state index contributed by atoms with van der Waals surface area (Å²) in [6.45, 7) is 38.3. The minimum atomic E-state index is -0.0949. The van der Waals surface area contributed by atoms with Gasteiger partial charge in [0.05, 0.1) is 0 Å². The van der Waals surface area contributed by atoms with Crippen LogP contribution in [-0.2, 0) is 0 Å². The highest BCUT2D eigenvalue weighted by Gasteiger charge is 2.55. The average molecular weight is 575 g/mol. The predicted molar refractivity (Wildman–Crippen MR) is 181 cm³/mol. The van der Waals surface area contributed by atoms with Crippen molar-refractivity contribution in [2.45, 2.75) is 159 Å². The van der Waals surface area contributed by atoms with Gasteiger partial charge in [-0.25, -0.2) is 0 Å². The van der Waals surface area contributed by atoms with Crippen molar-refractivity contribution in [3.8, 4) is 0 Å². The standard InChI is InChI=1S/C32H66P4/c1-16-19-22-34(23-20-17-2)27(31(10,11)12)35(24-21-18-3)28(32(13,14)15)36-25(29(4,5)6)33-26(36)30(7,8)9/h25,27-28H,16-24H2,1-15H3. The molecule has 0 bridgehead atoms. The third-order valence-electron chi connectivity index (χ3n) is 7.35. The van der Waals surface area contributed by atoms with Crippen molar-refractivity contribution in [2.75, 3.05) is 18.5 Å². The highest BCUT2D eigenvalue weighted by molar-refractivity contribution is 8.03. The quantitative estimate of drug-likeness (QED) is 0.192. The second-order valence-electron chi connectivity index (χ2n) is 15.7. The maximum Gasteiger partial charge on any atom is 0.0309 e. The normalized spacial score (nSPS) is 22.7. The summed E-state index contributed by atoms with van der Waals surface area (Å²) < 4.78 is 0. The van der Waals surface area contributed by atoms with E-state index in [1.54, 1.807) is 8.20 Å². The average Bonchev–Trinajstić information content (AvgIpc) is 2.65. The molecular weight excluding hydrogens is 508 g/mol. The van der Waals surface area contributed by atoms with E-state index in [1.807, 2.05) is 5.03 Å². The summed E-state index contributed by atoms with van der Waals surface area (Å²) in [6.07, 6.45) is 12.9. The van der Waals surface area contributed by atoms with Crippen LogP contribution in [0.15, 0.2) is 0 Å². The Balaban J connectivity index is 3.80. The van der Waals surface area contributed by atoms with Crippen LogP contribution in [0, 0.1) is 21.7 Å². The zero-order valence-corrected chi connectivity index (χ0v) is 31.0. The molecule has 214 valence electrons. The van der Waals surface area contributed by atoms with Gasteiger partial charge in [0.1, 0.15) is 0 Å². The molecule has 0 amide bonds. The number of hydrogen-bond donors (Lipinski definition) is 0. The maximum atomic E-state index is 2.64. The van der Waals surface area contributed by atoms with E-state index >= 15 is 0 Å². The Labute approximate surface area is 235 Å². The van der Waals surface area contributed by atoms with Gasteiger partial charge in [0, 0.05) is 16.2 Å². The summed E-state index contributed by atoms with van der Waals surface area (Å²) in [4.78, 5) is 0. The Morgan fingerprint density at radius 3 is 1.47 bits per heavy atom. The van der Waals surface area contributed by atoms with Crippen LogP contribution in [0.1, 0.15) is 142 Å². The molecule has 4 heteroatoms. The monoisotopic (exact) mass is 574 g/mol. The van der Waals surface area contributed by atoms with Gasteiger partial charge in [-0.05, 0) is 64.4 Å². The van der Waals surface area contributed by atoms with E-state index in [2.05, 4.69) is 104 Å². The highest BCUT2D eigenvalue weighted by Crippen LogP contribution is 2.82. The minimum Gasteiger partial charge on any atom is -0.0986 e.